The maximum Gasteiger partial charge on any atom is 0.254 e. The summed E-state index contributed by atoms with van der Waals surface area (Å²) in [6.07, 6.45) is 6.91. The minimum atomic E-state index is -0.0260. The SMILES string of the molecule is Cn1cc(C(=O)NCCC2CCCNC2)cn1. The van der Waals surface area contributed by atoms with E-state index in [-0.39, 0.29) is 5.91 Å². The molecule has 0 aliphatic carbocycles. The number of carbonyl (C=O) groups excluding carboxylic acids is 1. The molecule has 1 aliphatic heterocycles. The molecular weight excluding hydrogens is 216 g/mol. The Kier molecular flexibility index (Phi) is 4.14. The normalized spacial score (nSPS) is 20.2. The van der Waals surface area contributed by atoms with E-state index < -0.39 is 0 Å². The second-order valence-electron chi connectivity index (χ2n) is 4.66. The second kappa shape index (κ2) is 5.82. The van der Waals surface area contributed by atoms with Crippen LogP contribution in [-0.2, 0) is 7.05 Å². The Hall–Kier alpha value is -1.36. The van der Waals surface area contributed by atoms with Crippen LogP contribution in [0, 0.1) is 5.92 Å². The Morgan fingerprint density at radius 3 is 3.24 bits per heavy atom. The fourth-order valence-electron chi connectivity index (χ4n) is 2.20. The lowest BCUT2D eigenvalue weighted by Gasteiger charge is -2.22. The van der Waals surface area contributed by atoms with Gasteiger partial charge in [-0.25, -0.2) is 0 Å². The Balaban J connectivity index is 1.69. The first-order valence-electron chi connectivity index (χ1n) is 6.23. The van der Waals surface area contributed by atoms with E-state index in [0.29, 0.717) is 11.5 Å². The fourth-order valence-corrected chi connectivity index (χ4v) is 2.20. The van der Waals surface area contributed by atoms with Gasteiger partial charge in [-0.1, -0.05) is 0 Å². The minimum absolute atomic E-state index is 0.0260. The topological polar surface area (TPSA) is 59.0 Å². The average molecular weight is 236 g/mol. The summed E-state index contributed by atoms with van der Waals surface area (Å²) in [6, 6.07) is 0. The molecule has 0 bridgehead atoms. The largest absolute Gasteiger partial charge is 0.352 e. The van der Waals surface area contributed by atoms with Crippen molar-refractivity contribution < 1.29 is 4.79 Å². The lowest BCUT2D eigenvalue weighted by atomic mass is 9.96. The first-order chi connectivity index (χ1) is 8.25. The monoisotopic (exact) mass is 236 g/mol. The molecule has 1 unspecified atom stereocenters. The lowest BCUT2D eigenvalue weighted by molar-refractivity contribution is 0.0950. The van der Waals surface area contributed by atoms with Crippen LogP contribution in [0.2, 0.25) is 0 Å². The maximum absolute atomic E-state index is 11.7. The molecule has 1 fully saturated rings. The van der Waals surface area contributed by atoms with E-state index >= 15 is 0 Å². The molecule has 1 aliphatic rings. The van der Waals surface area contributed by atoms with E-state index in [1.807, 2.05) is 7.05 Å². The number of piperidine rings is 1. The van der Waals surface area contributed by atoms with Crippen LogP contribution in [0.5, 0.6) is 0 Å². The van der Waals surface area contributed by atoms with Crippen LogP contribution in [0.4, 0.5) is 0 Å². The average Bonchev–Trinajstić information content (AvgIpc) is 2.77. The third-order valence-electron chi connectivity index (χ3n) is 3.20. The van der Waals surface area contributed by atoms with Crippen molar-refractivity contribution >= 4 is 5.91 Å². The van der Waals surface area contributed by atoms with E-state index in [4.69, 9.17) is 0 Å². The summed E-state index contributed by atoms with van der Waals surface area (Å²) in [6.45, 7) is 2.97. The van der Waals surface area contributed by atoms with Gasteiger partial charge in [-0.15, -0.1) is 0 Å². The molecule has 94 valence electrons. The Morgan fingerprint density at radius 1 is 1.71 bits per heavy atom. The molecular formula is C12H20N4O. The van der Waals surface area contributed by atoms with Crippen molar-refractivity contribution in [1.82, 2.24) is 20.4 Å². The van der Waals surface area contributed by atoms with Crippen LogP contribution < -0.4 is 10.6 Å². The van der Waals surface area contributed by atoms with Crippen molar-refractivity contribution in [3.8, 4) is 0 Å². The molecule has 1 aromatic rings. The first-order valence-corrected chi connectivity index (χ1v) is 6.23. The highest BCUT2D eigenvalue weighted by Gasteiger charge is 2.13. The number of aromatic nitrogens is 2. The van der Waals surface area contributed by atoms with Crippen molar-refractivity contribution in [1.29, 1.82) is 0 Å². The zero-order valence-corrected chi connectivity index (χ0v) is 10.3. The number of aryl methyl sites for hydroxylation is 1. The molecule has 0 aromatic carbocycles. The summed E-state index contributed by atoms with van der Waals surface area (Å²) < 4.78 is 1.64. The van der Waals surface area contributed by atoms with Gasteiger partial charge in [0, 0.05) is 19.8 Å². The molecule has 5 nitrogen and oxygen atoms in total. The number of nitrogens with one attached hydrogen (secondary N) is 2. The number of amides is 1. The fraction of sp³-hybridized carbons (Fsp3) is 0.667. The van der Waals surface area contributed by atoms with Gasteiger partial charge in [0.2, 0.25) is 0 Å². The number of hydrogen-bond acceptors (Lipinski definition) is 3. The van der Waals surface area contributed by atoms with Gasteiger partial charge in [0.1, 0.15) is 0 Å². The van der Waals surface area contributed by atoms with Gasteiger partial charge in [0.05, 0.1) is 11.8 Å². The highest BCUT2D eigenvalue weighted by molar-refractivity contribution is 5.93. The van der Waals surface area contributed by atoms with E-state index in [1.54, 1.807) is 17.1 Å². The smallest absolute Gasteiger partial charge is 0.254 e. The maximum atomic E-state index is 11.7. The molecule has 2 heterocycles. The van der Waals surface area contributed by atoms with Gasteiger partial charge in [0.25, 0.3) is 5.91 Å². The molecule has 17 heavy (non-hydrogen) atoms. The van der Waals surface area contributed by atoms with Crippen LogP contribution in [0.15, 0.2) is 12.4 Å². The van der Waals surface area contributed by atoms with Gasteiger partial charge in [-0.2, -0.15) is 5.10 Å². The summed E-state index contributed by atoms with van der Waals surface area (Å²) in [5.41, 5.74) is 0.634. The number of hydrogen-bond donors (Lipinski definition) is 2. The Labute approximate surface area is 102 Å². The van der Waals surface area contributed by atoms with E-state index in [9.17, 15) is 4.79 Å². The second-order valence-corrected chi connectivity index (χ2v) is 4.66. The van der Waals surface area contributed by atoms with Gasteiger partial charge in [-0.05, 0) is 38.3 Å². The molecule has 2 rings (SSSR count). The van der Waals surface area contributed by atoms with Gasteiger partial charge >= 0.3 is 0 Å². The van der Waals surface area contributed by atoms with E-state index in [2.05, 4.69) is 15.7 Å². The highest BCUT2D eigenvalue weighted by atomic mass is 16.1. The molecule has 1 saturated heterocycles. The third kappa shape index (κ3) is 3.56. The van der Waals surface area contributed by atoms with Crippen molar-refractivity contribution in [2.45, 2.75) is 19.3 Å². The summed E-state index contributed by atoms with van der Waals surface area (Å²) >= 11 is 0. The van der Waals surface area contributed by atoms with Crippen LogP contribution in [0.1, 0.15) is 29.6 Å². The van der Waals surface area contributed by atoms with E-state index in [1.165, 1.54) is 12.8 Å². The van der Waals surface area contributed by atoms with Gasteiger partial charge in [-0.3, -0.25) is 9.48 Å². The molecule has 2 N–H and O–H groups in total. The predicted octanol–water partition coefficient (Wildman–Crippen LogP) is 0.540. The third-order valence-corrected chi connectivity index (χ3v) is 3.20. The standard InChI is InChI=1S/C12H20N4O/c1-16-9-11(8-15-16)12(17)14-6-4-10-3-2-5-13-7-10/h8-10,13H,2-7H2,1H3,(H,14,17). The lowest BCUT2D eigenvalue weighted by Crippen LogP contribution is -2.33. The van der Waals surface area contributed by atoms with Crippen LogP contribution in [0.25, 0.3) is 0 Å². The van der Waals surface area contributed by atoms with Crippen molar-refractivity contribution in [2.75, 3.05) is 19.6 Å². The zero-order chi connectivity index (χ0) is 12.1. The molecule has 1 atom stereocenters. The minimum Gasteiger partial charge on any atom is -0.352 e. The zero-order valence-electron chi connectivity index (χ0n) is 10.3. The van der Waals surface area contributed by atoms with Crippen LogP contribution >= 0.6 is 0 Å². The summed E-state index contributed by atoms with van der Waals surface area (Å²) in [4.78, 5) is 11.7. The van der Waals surface area contributed by atoms with Gasteiger partial charge in [0.15, 0.2) is 0 Å². The van der Waals surface area contributed by atoms with Gasteiger partial charge < -0.3 is 10.6 Å². The van der Waals surface area contributed by atoms with Crippen molar-refractivity contribution in [2.24, 2.45) is 13.0 Å². The highest BCUT2D eigenvalue weighted by Crippen LogP contribution is 2.12. The summed E-state index contributed by atoms with van der Waals surface area (Å²) in [5.74, 6) is 0.680. The predicted molar refractivity (Wildman–Crippen MR) is 65.8 cm³/mol. The van der Waals surface area contributed by atoms with Crippen molar-refractivity contribution in [3.63, 3.8) is 0 Å². The van der Waals surface area contributed by atoms with Crippen LogP contribution in [-0.4, -0.2) is 35.3 Å². The van der Waals surface area contributed by atoms with Crippen LogP contribution in [0.3, 0.4) is 0 Å². The summed E-state index contributed by atoms with van der Waals surface area (Å²) in [7, 11) is 1.81. The quantitative estimate of drug-likeness (QED) is 0.802. The van der Waals surface area contributed by atoms with Crippen molar-refractivity contribution in [3.05, 3.63) is 18.0 Å². The molecule has 0 spiro atoms. The summed E-state index contributed by atoms with van der Waals surface area (Å²) in [5, 5.41) is 10.3. The number of rotatable bonds is 4. The molecule has 0 saturated carbocycles. The Morgan fingerprint density at radius 2 is 2.59 bits per heavy atom. The Bertz CT molecular complexity index is 368. The molecule has 1 aromatic heterocycles. The molecule has 0 radical (unpaired) electrons. The van der Waals surface area contributed by atoms with E-state index in [0.717, 1.165) is 26.1 Å². The number of nitrogens with zero attached hydrogens (tertiary/aromatic N) is 2. The number of carbonyl (C=O) groups is 1. The molecule has 1 amide bonds. The molecule has 5 heteroatoms. The first kappa shape index (κ1) is 12.1.